The summed E-state index contributed by atoms with van der Waals surface area (Å²) < 4.78 is 5.64. The number of ether oxygens (including phenoxy) is 1. The number of aromatic nitrogens is 3. The zero-order valence-corrected chi connectivity index (χ0v) is 15.6. The fourth-order valence-electron chi connectivity index (χ4n) is 2.25. The summed E-state index contributed by atoms with van der Waals surface area (Å²) in [5.41, 5.74) is 2.69. The molecule has 3 aromatic rings. The molecule has 2 aromatic carbocycles. The van der Waals surface area contributed by atoms with Crippen LogP contribution in [0.15, 0.2) is 48.7 Å². The molecule has 0 spiro atoms. The van der Waals surface area contributed by atoms with E-state index in [1.165, 1.54) is 0 Å². The van der Waals surface area contributed by atoms with E-state index in [-0.39, 0.29) is 6.10 Å². The van der Waals surface area contributed by atoms with Crippen LogP contribution in [0.1, 0.15) is 19.4 Å². The summed E-state index contributed by atoms with van der Waals surface area (Å²) in [7, 11) is 0. The molecule has 6 nitrogen and oxygen atoms in total. The van der Waals surface area contributed by atoms with Gasteiger partial charge in [-0.05, 0) is 62.7 Å². The van der Waals surface area contributed by atoms with Gasteiger partial charge in [0.2, 0.25) is 5.95 Å². The van der Waals surface area contributed by atoms with Gasteiger partial charge >= 0.3 is 0 Å². The van der Waals surface area contributed by atoms with E-state index >= 15 is 0 Å². The van der Waals surface area contributed by atoms with E-state index in [9.17, 15) is 0 Å². The summed E-state index contributed by atoms with van der Waals surface area (Å²) in [5, 5.41) is 15.0. The van der Waals surface area contributed by atoms with Crippen LogP contribution in [0.3, 0.4) is 0 Å². The number of halogens is 1. The summed E-state index contributed by atoms with van der Waals surface area (Å²) in [6.45, 7) is 5.94. The van der Waals surface area contributed by atoms with Gasteiger partial charge in [-0.15, -0.1) is 5.10 Å². The van der Waals surface area contributed by atoms with Crippen molar-refractivity contribution in [3.05, 3.63) is 59.2 Å². The first-order chi connectivity index (χ1) is 12.5. The van der Waals surface area contributed by atoms with E-state index in [4.69, 9.17) is 16.3 Å². The Balaban J connectivity index is 1.69. The van der Waals surface area contributed by atoms with Gasteiger partial charge in [0.05, 0.1) is 12.3 Å². The van der Waals surface area contributed by atoms with Crippen molar-refractivity contribution < 1.29 is 4.74 Å². The van der Waals surface area contributed by atoms with Crippen LogP contribution in [-0.2, 0) is 0 Å². The van der Waals surface area contributed by atoms with Gasteiger partial charge in [-0.1, -0.05) is 17.7 Å². The Morgan fingerprint density at radius 3 is 2.42 bits per heavy atom. The highest BCUT2D eigenvalue weighted by Gasteiger charge is 2.04. The van der Waals surface area contributed by atoms with Gasteiger partial charge in [0, 0.05) is 16.4 Å². The standard InChI is InChI=1S/C19H20ClN5O/c1-12(2)26-16-8-6-14(7-9-16)22-18-11-21-25-19(24-18)23-15-5-4-13(3)17(20)10-15/h4-12H,1-3H3,(H2,22,23,24,25). The van der Waals surface area contributed by atoms with E-state index in [0.29, 0.717) is 16.8 Å². The van der Waals surface area contributed by atoms with Crippen LogP contribution in [0, 0.1) is 6.92 Å². The Kier molecular flexibility index (Phi) is 5.53. The maximum atomic E-state index is 6.14. The molecule has 0 fully saturated rings. The van der Waals surface area contributed by atoms with Crippen LogP contribution in [-0.4, -0.2) is 21.3 Å². The van der Waals surface area contributed by atoms with Crippen LogP contribution < -0.4 is 15.4 Å². The topological polar surface area (TPSA) is 72.0 Å². The molecular formula is C19H20ClN5O. The number of hydrogen-bond donors (Lipinski definition) is 2. The zero-order valence-electron chi connectivity index (χ0n) is 14.8. The molecule has 0 aliphatic heterocycles. The third kappa shape index (κ3) is 4.83. The van der Waals surface area contributed by atoms with Crippen molar-refractivity contribution in [2.45, 2.75) is 26.9 Å². The third-order valence-electron chi connectivity index (χ3n) is 3.49. The Morgan fingerprint density at radius 1 is 1.00 bits per heavy atom. The van der Waals surface area contributed by atoms with E-state index in [0.717, 1.165) is 22.7 Å². The first-order valence-electron chi connectivity index (χ1n) is 8.26. The molecule has 0 radical (unpaired) electrons. The number of anilines is 4. The Morgan fingerprint density at radius 2 is 1.73 bits per heavy atom. The fraction of sp³-hybridized carbons (Fsp3) is 0.211. The highest BCUT2D eigenvalue weighted by atomic mass is 35.5. The molecule has 3 rings (SSSR count). The number of nitrogens with zero attached hydrogens (tertiary/aromatic N) is 3. The molecule has 0 saturated heterocycles. The van der Waals surface area contributed by atoms with Gasteiger partial charge in [-0.3, -0.25) is 0 Å². The van der Waals surface area contributed by atoms with Gasteiger partial charge in [0.25, 0.3) is 0 Å². The molecule has 2 N–H and O–H groups in total. The van der Waals surface area contributed by atoms with Gasteiger partial charge < -0.3 is 15.4 Å². The number of nitrogens with one attached hydrogen (secondary N) is 2. The Hall–Kier alpha value is -2.86. The van der Waals surface area contributed by atoms with E-state index in [1.807, 2.05) is 63.2 Å². The number of rotatable bonds is 6. The van der Waals surface area contributed by atoms with Crippen molar-refractivity contribution in [2.24, 2.45) is 0 Å². The van der Waals surface area contributed by atoms with Crippen molar-refractivity contribution in [1.29, 1.82) is 0 Å². The maximum Gasteiger partial charge on any atom is 0.249 e. The normalized spacial score (nSPS) is 10.7. The fourth-order valence-corrected chi connectivity index (χ4v) is 2.43. The molecule has 1 aromatic heterocycles. The summed E-state index contributed by atoms with van der Waals surface area (Å²) in [5.74, 6) is 1.79. The molecule has 0 atom stereocenters. The zero-order chi connectivity index (χ0) is 18.5. The SMILES string of the molecule is Cc1ccc(Nc2nncc(Nc3ccc(OC(C)C)cc3)n2)cc1Cl. The molecule has 0 unspecified atom stereocenters. The summed E-state index contributed by atoms with van der Waals surface area (Å²) in [6.07, 6.45) is 1.70. The summed E-state index contributed by atoms with van der Waals surface area (Å²) >= 11 is 6.14. The van der Waals surface area contributed by atoms with Gasteiger partial charge in [-0.2, -0.15) is 10.1 Å². The largest absolute Gasteiger partial charge is 0.491 e. The number of hydrogen-bond acceptors (Lipinski definition) is 6. The monoisotopic (exact) mass is 369 g/mol. The highest BCUT2D eigenvalue weighted by Crippen LogP contribution is 2.23. The van der Waals surface area contributed by atoms with E-state index in [1.54, 1.807) is 6.20 Å². The van der Waals surface area contributed by atoms with Crippen molar-refractivity contribution in [3.8, 4) is 5.75 Å². The Bertz CT molecular complexity index is 883. The van der Waals surface area contributed by atoms with Crippen molar-refractivity contribution in [1.82, 2.24) is 15.2 Å². The minimum absolute atomic E-state index is 0.142. The maximum absolute atomic E-state index is 6.14. The molecule has 134 valence electrons. The van der Waals surface area contributed by atoms with Crippen LogP contribution >= 0.6 is 11.6 Å². The van der Waals surface area contributed by atoms with E-state index in [2.05, 4.69) is 25.8 Å². The molecule has 0 bridgehead atoms. The molecule has 0 amide bonds. The van der Waals surface area contributed by atoms with Gasteiger partial charge in [0.15, 0.2) is 5.82 Å². The third-order valence-corrected chi connectivity index (χ3v) is 3.89. The van der Waals surface area contributed by atoms with Crippen LogP contribution in [0.2, 0.25) is 5.02 Å². The van der Waals surface area contributed by atoms with Crippen LogP contribution in [0.5, 0.6) is 5.75 Å². The van der Waals surface area contributed by atoms with Crippen molar-refractivity contribution in [2.75, 3.05) is 10.6 Å². The second-order valence-corrected chi connectivity index (χ2v) is 6.48. The smallest absolute Gasteiger partial charge is 0.249 e. The summed E-state index contributed by atoms with van der Waals surface area (Å²) in [4.78, 5) is 4.42. The van der Waals surface area contributed by atoms with Gasteiger partial charge in [-0.25, -0.2) is 0 Å². The predicted molar refractivity (Wildman–Crippen MR) is 105 cm³/mol. The molecular weight excluding hydrogens is 350 g/mol. The van der Waals surface area contributed by atoms with Crippen molar-refractivity contribution >= 4 is 34.7 Å². The van der Waals surface area contributed by atoms with Crippen LogP contribution in [0.25, 0.3) is 0 Å². The highest BCUT2D eigenvalue weighted by molar-refractivity contribution is 6.31. The number of aryl methyl sites for hydroxylation is 1. The molecule has 0 saturated carbocycles. The minimum atomic E-state index is 0.142. The molecule has 26 heavy (non-hydrogen) atoms. The quantitative estimate of drug-likeness (QED) is 0.629. The predicted octanol–water partition coefficient (Wildman–Crippen LogP) is 5.11. The lowest BCUT2D eigenvalue weighted by molar-refractivity contribution is 0.242. The number of benzene rings is 2. The second-order valence-electron chi connectivity index (χ2n) is 6.07. The first-order valence-corrected chi connectivity index (χ1v) is 8.64. The van der Waals surface area contributed by atoms with E-state index < -0.39 is 0 Å². The average molecular weight is 370 g/mol. The average Bonchev–Trinajstić information content (AvgIpc) is 2.60. The molecule has 0 aliphatic carbocycles. The van der Waals surface area contributed by atoms with Crippen LogP contribution in [0.4, 0.5) is 23.1 Å². The molecule has 7 heteroatoms. The van der Waals surface area contributed by atoms with Gasteiger partial charge in [0.1, 0.15) is 5.75 Å². The lowest BCUT2D eigenvalue weighted by Gasteiger charge is -2.11. The molecule has 1 heterocycles. The summed E-state index contributed by atoms with van der Waals surface area (Å²) in [6, 6.07) is 13.3. The Labute approximate surface area is 157 Å². The van der Waals surface area contributed by atoms with Crippen molar-refractivity contribution in [3.63, 3.8) is 0 Å². The second kappa shape index (κ2) is 8.01. The minimum Gasteiger partial charge on any atom is -0.491 e. The molecule has 0 aliphatic rings. The lowest BCUT2D eigenvalue weighted by atomic mass is 10.2. The first kappa shape index (κ1) is 17.9. The lowest BCUT2D eigenvalue weighted by Crippen LogP contribution is -2.05.